The molecule has 4 N–H and O–H groups in total. The van der Waals surface area contributed by atoms with E-state index in [1.807, 2.05) is 6.92 Å². The molecule has 0 amide bonds. The maximum atomic E-state index is 5.88. The summed E-state index contributed by atoms with van der Waals surface area (Å²) >= 11 is 0. The van der Waals surface area contributed by atoms with Crippen LogP contribution in [0.3, 0.4) is 0 Å². The van der Waals surface area contributed by atoms with Crippen LogP contribution in [0.4, 0.5) is 0 Å². The highest BCUT2D eigenvalue weighted by atomic mass is 16.5. The molecule has 20 heavy (non-hydrogen) atoms. The van der Waals surface area contributed by atoms with Crippen LogP contribution in [0.2, 0.25) is 0 Å². The van der Waals surface area contributed by atoms with Crippen molar-refractivity contribution < 1.29 is 4.74 Å². The van der Waals surface area contributed by atoms with Crippen molar-refractivity contribution in [2.24, 2.45) is 23.3 Å². The minimum absolute atomic E-state index is 0.347. The molecular formula is C17H30N2O. The van der Waals surface area contributed by atoms with Crippen LogP contribution in [0.25, 0.3) is 0 Å². The lowest BCUT2D eigenvalue weighted by Crippen LogP contribution is -2.31. The van der Waals surface area contributed by atoms with E-state index < -0.39 is 0 Å². The summed E-state index contributed by atoms with van der Waals surface area (Å²) in [6, 6.07) is 4.42. The molecule has 0 bridgehead atoms. The van der Waals surface area contributed by atoms with E-state index in [0.29, 0.717) is 37.5 Å². The summed E-state index contributed by atoms with van der Waals surface area (Å²) in [7, 11) is 0. The van der Waals surface area contributed by atoms with Crippen LogP contribution in [-0.2, 0) is 0 Å². The molecular weight excluding hydrogens is 248 g/mol. The zero-order valence-corrected chi connectivity index (χ0v) is 13.6. The Balaban J connectivity index is 3.16. The number of ether oxygens (including phenoxy) is 1. The van der Waals surface area contributed by atoms with Crippen LogP contribution in [0.5, 0.6) is 5.75 Å². The lowest BCUT2D eigenvalue weighted by atomic mass is 9.79. The molecule has 2 unspecified atom stereocenters. The van der Waals surface area contributed by atoms with E-state index in [2.05, 4.69) is 39.8 Å². The lowest BCUT2D eigenvalue weighted by molar-refractivity contribution is 0.303. The standard InChI is InChI=1S/C17H30N2O/c1-6-20-17-12(3)7-11(2)8-16(17)14(5)13(4)15(9-18)10-19/h7-8,13-15H,6,9-10,18-19H2,1-5H3. The van der Waals surface area contributed by atoms with Gasteiger partial charge in [-0.15, -0.1) is 0 Å². The molecule has 3 heteroatoms. The average Bonchev–Trinajstić information content (AvgIpc) is 2.42. The number of benzene rings is 1. The minimum Gasteiger partial charge on any atom is -0.493 e. The molecule has 1 aromatic carbocycles. The summed E-state index contributed by atoms with van der Waals surface area (Å²) in [6.45, 7) is 12.7. The molecule has 3 nitrogen and oxygen atoms in total. The number of aryl methyl sites for hydroxylation is 2. The Labute approximate surface area is 123 Å². The second-order valence-corrected chi connectivity index (χ2v) is 5.81. The van der Waals surface area contributed by atoms with Gasteiger partial charge in [0, 0.05) is 0 Å². The molecule has 0 saturated carbocycles. The van der Waals surface area contributed by atoms with Crippen LogP contribution in [-0.4, -0.2) is 19.7 Å². The fourth-order valence-corrected chi connectivity index (χ4v) is 2.88. The molecule has 0 aliphatic heterocycles. The summed E-state index contributed by atoms with van der Waals surface area (Å²) in [5.41, 5.74) is 15.5. The molecule has 0 spiro atoms. The summed E-state index contributed by atoms with van der Waals surface area (Å²) in [5, 5.41) is 0. The topological polar surface area (TPSA) is 61.3 Å². The molecule has 114 valence electrons. The first-order valence-electron chi connectivity index (χ1n) is 7.60. The molecule has 0 radical (unpaired) electrons. The SMILES string of the molecule is CCOc1c(C)cc(C)cc1C(C)C(C)C(CN)CN. The van der Waals surface area contributed by atoms with Crippen molar-refractivity contribution in [2.45, 2.75) is 40.5 Å². The van der Waals surface area contributed by atoms with Gasteiger partial charge in [0.25, 0.3) is 0 Å². The number of nitrogens with two attached hydrogens (primary N) is 2. The van der Waals surface area contributed by atoms with Gasteiger partial charge in [0.1, 0.15) is 5.75 Å². The van der Waals surface area contributed by atoms with E-state index in [1.54, 1.807) is 0 Å². The van der Waals surface area contributed by atoms with E-state index in [-0.39, 0.29) is 0 Å². The molecule has 1 rings (SSSR count). The maximum absolute atomic E-state index is 5.88. The maximum Gasteiger partial charge on any atom is 0.125 e. The fourth-order valence-electron chi connectivity index (χ4n) is 2.88. The zero-order valence-electron chi connectivity index (χ0n) is 13.6. The van der Waals surface area contributed by atoms with Crippen molar-refractivity contribution in [3.8, 4) is 5.75 Å². The Morgan fingerprint density at radius 2 is 1.70 bits per heavy atom. The highest BCUT2D eigenvalue weighted by molar-refractivity contribution is 5.45. The van der Waals surface area contributed by atoms with Gasteiger partial charge in [0.05, 0.1) is 6.61 Å². The van der Waals surface area contributed by atoms with Crippen LogP contribution in [0.1, 0.15) is 43.4 Å². The number of hydrogen-bond acceptors (Lipinski definition) is 3. The summed E-state index contributed by atoms with van der Waals surface area (Å²) < 4.78 is 5.88. The van der Waals surface area contributed by atoms with Gasteiger partial charge in [-0.2, -0.15) is 0 Å². The minimum atomic E-state index is 0.347. The molecule has 0 heterocycles. The van der Waals surface area contributed by atoms with E-state index in [9.17, 15) is 0 Å². The van der Waals surface area contributed by atoms with Crippen molar-refractivity contribution in [1.82, 2.24) is 0 Å². The van der Waals surface area contributed by atoms with Gasteiger partial charge >= 0.3 is 0 Å². The van der Waals surface area contributed by atoms with Crippen LogP contribution < -0.4 is 16.2 Å². The lowest BCUT2D eigenvalue weighted by Gasteiger charge is -2.29. The molecule has 2 atom stereocenters. The molecule has 1 aromatic rings. The third-order valence-corrected chi connectivity index (χ3v) is 4.36. The molecule has 0 aliphatic rings. The van der Waals surface area contributed by atoms with E-state index in [4.69, 9.17) is 16.2 Å². The van der Waals surface area contributed by atoms with Crippen molar-refractivity contribution in [2.75, 3.05) is 19.7 Å². The van der Waals surface area contributed by atoms with Crippen LogP contribution in [0.15, 0.2) is 12.1 Å². The van der Waals surface area contributed by atoms with Gasteiger partial charge in [-0.25, -0.2) is 0 Å². The quantitative estimate of drug-likeness (QED) is 0.806. The third-order valence-electron chi connectivity index (χ3n) is 4.36. The highest BCUT2D eigenvalue weighted by Crippen LogP contribution is 2.37. The first-order chi connectivity index (χ1) is 9.46. The van der Waals surface area contributed by atoms with Crippen molar-refractivity contribution in [3.63, 3.8) is 0 Å². The normalized spacial score (nSPS) is 14.4. The van der Waals surface area contributed by atoms with E-state index >= 15 is 0 Å². The fraction of sp³-hybridized carbons (Fsp3) is 0.647. The zero-order chi connectivity index (χ0) is 15.3. The molecule has 0 aliphatic carbocycles. The predicted molar refractivity (Wildman–Crippen MR) is 86.3 cm³/mol. The molecule has 0 aromatic heterocycles. The number of rotatable bonds is 7. The second-order valence-electron chi connectivity index (χ2n) is 5.81. The van der Waals surface area contributed by atoms with E-state index in [1.165, 1.54) is 16.7 Å². The van der Waals surface area contributed by atoms with Gasteiger partial charge in [-0.1, -0.05) is 31.5 Å². The second kappa shape index (κ2) is 7.65. The van der Waals surface area contributed by atoms with Crippen LogP contribution >= 0.6 is 0 Å². The highest BCUT2D eigenvalue weighted by Gasteiger charge is 2.25. The Kier molecular flexibility index (Phi) is 6.50. The Bertz CT molecular complexity index is 427. The van der Waals surface area contributed by atoms with Gasteiger partial charge in [0.15, 0.2) is 0 Å². The number of hydrogen-bond donors (Lipinski definition) is 2. The monoisotopic (exact) mass is 278 g/mol. The Morgan fingerprint density at radius 1 is 1.10 bits per heavy atom. The third kappa shape index (κ3) is 3.74. The average molecular weight is 278 g/mol. The summed E-state index contributed by atoms with van der Waals surface area (Å²) in [6.07, 6.45) is 0. The largest absolute Gasteiger partial charge is 0.493 e. The molecule has 0 fully saturated rings. The Hall–Kier alpha value is -1.06. The van der Waals surface area contributed by atoms with Crippen molar-refractivity contribution in [3.05, 3.63) is 28.8 Å². The first kappa shape index (κ1) is 17.0. The van der Waals surface area contributed by atoms with Gasteiger partial charge in [0.2, 0.25) is 0 Å². The van der Waals surface area contributed by atoms with Gasteiger partial charge < -0.3 is 16.2 Å². The van der Waals surface area contributed by atoms with Crippen LogP contribution in [0, 0.1) is 25.7 Å². The first-order valence-corrected chi connectivity index (χ1v) is 7.60. The summed E-state index contributed by atoms with van der Waals surface area (Å²) in [4.78, 5) is 0. The van der Waals surface area contributed by atoms with Gasteiger partial charge in [-0.05, 0) is 62.7 Å². The van der Waals surface area contributed by atoms with Crippen molar-refractivity contribution >= 4 is 0 Å². The van der Waals surface area contributed by atoms with Gasteiger partial charge in [-0.3, -0.25) is 0 Å². The smallest absolute Gasteiger partial charge is 0.125 e. The Morgan fingerprint density at radius 3 is 2.20 bits per heavy atom. The predicted octanol–water partition coefficient (Wildman–Crippen LogP) is 2.98. The summed E-state index contributed by atoms with van der Waals surface area (Å²) in [5.74, 6) is 2.20. The molecule has 0 saturated heterocycles. The van der Waals surface area contributed by atoms with Crippen molar-refractivity contribution in [1.29, 1.82) is 0 Å². The van der Waals surface area contributed by atoms with E-state index in [0.717, 1.165) is 5.75 Å².